The first-order valence-electron chi connectivity index (χ1n) is 8.42. The predicted molar refractivity (Wildman–Crippen MR) is 89.8 cm³/mol. The second kappa shape index (κ2) is 8.49. The van der Waals surface area contributed by atoms with Crippen LogP contribution in [0.2, 0.25) is 0 Å². The Morgan fingerprint density at radius 3 is 2.82 bits per heavy atom. The lowest BCUT2D eigenvalue weighted by Crippen LogP contribution is -2.37. The van der Waals surface area contributed by atoms with E-state index in [-0.39, 0.29) is 12.5 Å². The van der Waals surface area contributed by atoms with E-state index in [1.54, 1.807) is 12.7 Å². The average molecular weight is 306 g/mol. The molecule has 22 heavy (non-hydrogen) atoms. The smallest absolute Gasteiger partial charge is 0.248 e. The third-order valence-corrected chi connectivity index (χ3v) is 4.84. The van der Waals surface area contributed by atoms with E-state index in [0.29, 0.717) is 5.92 Å². The molecule has 1 atom stereocenters. The molecule has 4 heteroatoms. The monoisotopic (exact) mass is 306 g/mol. The number of methoxy groups -OCH3 is 1. The fourth-order valence-electron chi connectivity index (χ4n) is 3.36. The zero-order chi connectivity index (χ0) is 15.9. The van der Waals surface area contributed by atoms with Gasteiger partial charge in [0.25, 0.3) is 0 Å². The molecule has 0 N–H and O–H groups in total. The lowest BCUT2D eigenvalue weighted by molar-refractivity contribution is -0.135. The Bertz CT molecular complexity index is 431. The molecule has 0 bridgehead atoms. The van der Waals surface area contributed by atoms with Crippen molar-refractivity contribution in [3.05, 3.63) is 23.8 Å². The summed E-state index contributed by atoms with van der Waals surface area (Å²) in [5.74, 6) is 0.792. The van der Waals surface area contributed by atoms with Crippen LogP contribution in [0.3, 0.4) is 0 Å². The number of amides is 1. The minimum atomic E-state index is 0.116. The Morgan fingerprint density at radius 1 is 1.36 bits per heavy atom. The van der Waals surface area contributed by atoms with Crippen LogP contribution >= 0.6 is 0 Å². The van der Waals surface area contributed by atoms with Crippen molar-refractivity contribution in [3.63, 3.8) is 0 Å². The zero-order valence-electron chi connectivity index (χ0n) is 14.1. The average Bonchev–Trinajstić information content (AvgIpc) is 2.74. The van der Waals surface area contributed by atoms with Gasteiger partial charge in [-0.1, -0.05) is 23.8 Å². The molecule has 1 fully saturated rings. The third kappa shape index (κ3) is 4.96. The Morgan fingerprint density at radius 2 is 2.18 bits per heavy atom. The Labute approximate surface area is 134 Å². The maximum atomic E-state index is 11.9. The Balaban J connectivity index is 1.80. The third-order valence-electron chi connectivity index (χ3n) is 4.84. The molecular formula is C18H30N2O2. The van der Waals surface area contributed by atoms with Crippen molar-refractivity contribution in [2.24, 2.45) is 5.92 Å². The topological polar surface area (TPSA) is 32.8 Å². The van der Waals surface area contributed by atoms with E-state index >= 15 is 0 Å². The van der Waals surface area contributed by atoms with Crippen LogP contribution in [0.15, 0.2) is 23.8 Å². The lowest BCUT2D eigenvalue weighted by atomic mass is 9.85. The van der Waals surface area contributed by atoms with Gasteiger partial charge in [-0.05, 0) is 38.5 Å². The molecule has 2 rings (SSSR count). The van der Waals surface area contributed by atoms with Crippen LogP contribution in [0.4, 0.5) is 0 Å². The Kier molecular flexibility index (Phi) is 6.65. The molecule has 0 aromatic carbocycles. The summed E-state index contributed by atoms with van der Waals surface area (Å²) in [5.41, 5.74) is 2.88. The summed E-state index contributed by atoms with van der Waals surface area (Å²) in [5, 5.41) is 0. The van der Waals surface area contributed by atoms with Crippen molar-refractivity contribution in [3.8, 4) is 0 Å². The summed E-state index contributed by atoms with van der Waals surface area (Å²) in [7, 11) is 1.58. The van der Waals surface area contributed by atoms with Crippen LogP contribution in [0.5, 0.6) is 0 Å². The molecule has 0 radical (unpaired) electrons. The van der Waals surface area contributed by atoms with Gasteiger partial charge in [0.2, 0.25) is 5.91 Å². The lowest BCUT2D eigenvalue weighted by Gasteiger charge is -2.27. The molecule has 4 nitrogen and oxygen atoms in total. The van der Waals surface area contributed by atoms with Gasteiger partial charge in [0.1, 0.15) is 6.61 Å². The number of carbonyl (C=O) groups excluding carboxylic acids is 1. The predicted octanol–water partition coefficient (Wildman–Crippen LogP) is 2.47. The highest BCUT2D eigenvalue weighted by Crippen LogP contribution is 2.28. The van der Waals surface area contributed by atoms with Gasteiger partial charge >= 0.3 is 0 Å². The molecule has 0 spiro atoms. The summed E-state index contributed by atoms with van der Waals surface area (Å²) in [6.45, 7) is 11.2. The molecule has 1 amide bonds. The number of ether oxygens (including phenoxy) is 1. The highest BCUT2D eigenvalue weighted by molar-refractivity contribution is 5.77. The normalized spacial score (nSPS) is 23.8. The molecule has 0 saturated carbocycles. The highest BCUT2D eigenvalue weighted by atomic mass is 16.5. The largest absolute Gasteiger partial charge is 0.375 e. The minimum absolute atomic E-state index is 0.116. The molecule has 1 saturated heterocycles. The first kappa shape index (κ1) is 17.2. The zero-order valence-corrected chi connectivity index (χ0v) is 14.1. The van der Waals surface area contributed by atoms with Crippen LogP contribution in [-0.2, 0) is 9.53 Å². The van der Waals surface area contributed by atoms with Crippen LogP contribution in [0, 0.1) is 5.92 Å². The van der Waals surface area contributed by atoms with Crippen LogP contribution < -0.4 is 0 Å². The number of carbonyl (C=O) groups is 1. The highest BCUT2D eigenvalue weighted by Gasteiger charge is 2.21. The number of hydrogen-bond donors (Lipinski definition) is 0. The molecule has 1 aliphatic carbocycles. The fourth-order valence-corrected chi connectivity index (χ4v) is 3.36. The molecule has 0 unspecified atom stereocenters. The quantitative estimate of drug-likeness (QED) is 0.732. The van der Waals surface area contributed by atoms with Gasteiger partial charge in [-0.25, -0.2) is 0 Å². The van der Waals surface area contributed by atoms with Crippen LogP contribution in [0.25, 0.3) is 0 Å². The van der Waals surface area contributed by atoms with Gasteiger partial charge in [0.05, 0.1) is 0 Å². The van der Waals surface area contributed by atoms with E-state index in [0.717, 1.165) is 45.6 Å². The van der Waals surface area contributed by atoms with E-state index in [4.69, 9.17) is 4.74 Å². The van der Waals surface area contributed by atoms with Crippen LogP contribution in [0.1, 0.15) is 32.6 Å². The van der Waals surface area contributed by atoms with Crippen molar-refractivity contribution in [2.75, 3.05) is 46.4 Å². The molecule has 1 aliphatic heterocycles. The SMILES string of the molecule is C=C(C)[C@@H]1CC=C(CN2CCCN(C(=O)COC)CC2)CC1. The molecule has 0 aromatic rings. The molecular weight excluding hydrogens is 276 g/mol. The minimum Gasteiger partial charge on any atom is -0.375 e. The molecule has 124 valence electrons. The summed E-state index contributed by atoms with van der Waals surface area (Å²) in [4.78, 5) is 16.3. The first-order chi connectivity index (χ1) is 10.6. The number of nitrogens with zero attached hydrogens (tertiary/aromatic N) is 2. The van der Waals surface area contributed by atoms with Gasteiger partial charge < -0.3 is 9.64 Å². The molecule has 2 aliphatic rings. The van der Waals surface area contributed by atoms with E-state index < -0.39 is 0 Å². The van der Waals surface area contributed by atoms with Crippen molar-refractivity contribution < 1.29 is 9.53 Å². The van der Waals surface area contributed by atoms with E-state index in [1.807, 2.05) is 4.90 Å². The van der Waals surface area contributed by atoms with E-state index in [1.165, 1.54) is 18.4 Å². The standard InChI is InChI=1S/C18H30N2O2/c1-15(2)17-7-5-16(6-8-17)13-19-9-4-10-20(12-11-19)18(21)14-22-3/h5,17H,1,4,6-14H2,2-3H3/t17-/m1/s1. The van der Waals surface area contributed by atoms with Crippen molar-refractivity contribution in [2.45, 2.75) is 32.6 Å². The van der Waals surface area contributed by atoms with E-state index in [2.05, 4.69) is 24.5 Å². The van der Waals surface area contributed by atoms with E-state index in [9.17, 15) is 4.79 Å². The number of rotatable bonds is 5. The van der Waals surface area contributed by atoms with Crippen LogP contribution in [-0.4, -0.2) is 62.1 Å². The Hall–Kier alpha value is -1.13. The van der Waals surface area contributed by atoms with Gasteiger partial charge in [-0.15, -0.1) is 0 Å². The molecule has 0 aromatic heterocycles. The number of allylic oxidation sites excluding steroid dienone is 2. The fraction of sp³-hybridized carbons (Fsp3) is 0.722. The van der Waals surface area contributed by atoms with Crippen molar-refractivity contribution in [1.29, 1.82) is 0 Å². The summed E-state index contributed by atoms with van der Waals surface area (Å²) >= 11 is 0. The van der Waals surface area contributed by atoms with Gasteiger partial charge in [0.15, 0.2) is 0 Å². The van der Waals surface area contributed by atoms with Gasteiger partial charge in [-0.3, -0.25) is 9.69 Å². The summed E-state index contributed by atoms with van der Waals surface area (Å²) < 4.78 is 4.95. The van der Waals surface area contributed by atoms with Crippen molar-refractivity contribution >= 4 is 5.91 Å². The van der Waals surface area contributed by atoms with Gasteiger partial charge in [0, 0.05) is 39.8 Å². The summed E-state index contributed by atoms with van der Waals surface area (Å²) in [6, 6.07) is 0. The number of hydrogen-bond acceptors (Lipinski definition) is 3. The first-order valence-corrected chi connectivity index (χ1v) is 8.42. The maximum absolute atomic E-state index is 11.9. The second-order valence-electron chi connectivity index (χ2n) is 6.62. The maximum Gasteiger partial charge on any atom is 0.248 e. The summed E-state index contributed by atoms with van der Waals surface area (Å²) in [6.07, 6.45) is 7.06. The second-order valence-corrected chi connectivity index (χ2v) is 6.62. The van der Waals surface area contributed by atoms with Gasteiger partial charge in [-0.2, -0.15) is 0 Å². The molecule has 1 heterocycles. The van der Waals surface area contributed by atoms with Crippen molar-refractivity contribution in [1.82, 2.24) is 9.80 Å².